The lowest BCUT2D eigenvalue weighted by Crippen LogP contribution is -3.06. The van der Waals surface area contributed by atoms with Gasteiger partial charge in [0.05, 0.1) is 7.05 Å². The molecule has 0 heterocycles. The van der Waals surface area contributed by atoms with Crippen LogP contribution < -0.4 is 10.2 Å². The molecule has 2 rings (SSSR count). The van der Waals surface area contributed by atoms with Gasteiger partial charge in [0.15, 0.2) is 0 Å². The van der Waals surface area contributed by atoms with Gasteiger partial charge in [-0.1, -0.05) is 35.9 Å². The molecule has 0 aliphatic rings. The Balaban J connectivity index is 1.96. The first-order chi connectivity index (χ1) is 10.1. The van der Waals surface area contributed by atoms with Crippen LogP contribution in [0.1, 0.15) is 21.5 Å². The van der Waals surface area contributed by atoms with E-state index >= 15 is 0 Å². The number of halogens is 1. The molecular formula is C17H20ClN2O+. The summed E-state index contributed by atoms with van der Waals surface area (Å²) in [6.45, 7) is 1.82. The average Bonchev–Trinajstić information content (AvgIpc) is 2.47. The molecule has 110 valence electrons. The SMILES string of the molecule is CNC(=O)c1ccc(C[NH+](C)Cc2cccc(Cl)c2)cc1. The van der Waals surface area contributed by atoms with E-state index in [0.717, 1.165) is 18.1 Å². The third-order valence-corrected chi connectivity index (χ3v) is 3.58. The molecule has 2 aromatic rings. The van der Waals surface area contributed by atoms with Crippen LogP contribution in [-0.4, -0.2) is 20.0 Å². The zero-order valence-electron chi connectivity index (χ0n) is 12.3. The van der Waals surface area contributed by atoms with Crippen molar-refractivity contribution in [3.63, 3.8) is 0 Å². The van der Waals surface area contributed by atoms with E-state index in [9.17, 15) is 4.79 Å². The molecule has 1 amide bonds. The van der Waals surface area contributed by atoms with Gasteiger partial charge in [-0.25, -0.2) is 0 Å². The van der Waals surface area contributed by atoms with Crippen molar-refractivity contribution >= 4 is 17.5 Å². The molecule has 0 spiro atoms. The number of nitrogens with one attached hydrogen (secondary N) is 2. The topological polar surface area (TPSA) is 33.5 Å². The Bertz CT molecular complexity index is 610. The summed E-state index contributed by atoms with van der Waals surface area (Å²) >= 11 is 6.00. The van der Waals surface area contributed by atoms with Crippen LogP contribution in [0.15, 0.2) is 48.5 Å². The molecule has 3 nitrogen and oxygen atoms in total. The highest BCUT2D eigenvalue weighted by molar-refractivity contribution is 6.30. The van der Waals surface area contributed by atoms with Crippen molar-refractivity contribution < 1.29 is 9.69 Å². The second kappa shape index (κ2) is 7.25. The number of hydrogen-bond donors (Lipinski definition) is 2. The van der Waals surface area contributed by atoms with Crippen molar-refractivity contribution in [3.8, 4) is 0 Å². The summed E-state index contributed by atoms with van der Waals surface area (Å²) in [6.07, 6.45) is 0. The second-order valence-corrected chi connectivity index (χ2v) is 5.65. The normalized spacial score (nSPS) is 12.0. The van der Waals surface area contributed by atoms with Gasteiger partial charge in [0.1, 0.15) is 13.1 Å². The summed E-state index contributed by atoms with van der Waals surface area (Å²) < 4.78 is 0. The predicted molar refractivity (Wildman–Crippen MR) is 85.6 cm³/mol. The van der Waals surface area contributed by atoms with Crippen LogP contribution in [0.4, 0.5) is 0 Å². The fraction of sp³-hybridized carbons (Fsp3) is 0.235. The van der Waals surface area contributed by atoms with Gasteiger partial charge in [-0.15, -0.1) is 0 Å². The first kappa shape index (κ1) is 15.5. The maximum Gasteiger partial charge on any atom is 0.251 e. The van der Waals surface area contributed by atoms with Crippen LogP contribution in [0, 0.1) is 0 Å². The molecule has 0 aliphatic heterocycles. The van der Waals surface area contributed by atoms with Gasteiger partial charge >= 0.3 is 0 Å². The van der Waals surface area contributed by atoms with E-state index in [2.05, 4.69) is 18.4 Å². The standard InChI is InChI=1S/C17H19ClN2O/c1-19-17(21)15-8-6-13(7-9-15)11-20(2)12-14-4-3-5-16(18)10-14/h3-10H,11-12H2,1-2H3,(H,19,21)/p+1. The molecule has 0 bridgehead atoms. The third-order valence-electron chi connectivity index (χ3n) is 3.34. The van der Waals surface area contributed by atoms with Crippen molar-refractivity contribution in [2.45, 2.75) is 13.1 Å². The van der Waals surface area contributed by atoms with Gasteiger partial charge in [-0.3, -0.25) is 4.79 Å². The summed E-state index contributed by atoms with van der Waals surface area (Å²) in [7, 11) is 3.78. The molecule has 21 heavy (non-hydrogen) atoms. The van der Waals surface area contributed by atoms with Crippen molar-refractivity contribution in [2.75, 3.05) is 14.1 Å². The summed E-state index contributed by atoms with van der Waals surface area (Å²) in [4.78, 5) is 12.9. The Labute approximate surface area is 130 Å². The largest absolute Gasteiger partial charge is 0.355 e. The third kappa shape index (κ3) is 4.59. The van der Waals surface area contributed by atoms with Crippen LogP contribution in [0.5, 0.6) is 0 Å². The first-order valence-corrected chi connectivity index (χ1v) is 7.33. The Morgan fingerprint density at radius 1 is 1.10 bits per heavy atom. The molecule has 0 radical (unpaired) electrons. The molecule has 0 saturated carbocycles. The summed E-state index contributed by atoms with van der Waals surface area (Å²) in [5.41, 5.74) is 3.12. The number of benzene rings is 2. The summed E-state index contributed by atoms with van der Waals surface area (Å²) in [6, 6.07) is 15.7. The van der Waals surface area contributed by atoms with Crippen molar-refractivity contribution in [1.29, 1.82) is 0 Å². The molecule has 4 heteroatoms. The van der Waals surface area contributed by atoms with Gasteiger partial charge < -0.3 is 10.2 Å². The lowest BCUT2D eigenvalue weighted by atomic mass is 10.1. The molecule has 0 aliphatic carbocycles. The zero-order chi connectivity index (χ0) is 15.2. The Hall–Kier alpha value is -1.84. The lowest BCUT2D eigenvalue weighted by Gasteiger charge is -2.14. The van der Waals surface area contributed by atoms with Crippen LogP contribution in [0.25, 0.3) is 0 Å². The monoisotopic (exact) mass is 303 g/mol. The number of carbonyl (C=O) groups is 1. The smallest absolute Gasteiger partial charge is 0.251 e. The van der Waals surface area contributed by atoms with Crippen molar-refractivity contribution in [2.24, 2.45) is 0 Å². The quantitative estimate of drug-likeness (QED) is 0.869. The van der Waals surface area contributed by atoms with Crippen LogP contribution in [0.2, 0.25) is 5.02 Å². The van der Waals surface area contributed by atoms with Gasteiger partial charge in [-0.2, -0.15) is 0 Å². The Morgan fingerprint density at radius 3 is 2.38 bits per heavy atom. The molecule has 0 aromatic heterocycles. The van der Waals surface area contributed by atoms with E-state index < -0.39 is 0 Å². The van der Waals surface area contributed by atoms with Gasteiger partial charge in [-0.05, 0) is 24.3 Å². The van der Waals surface area contributed by atoms with E-state index in [1.54, 1.807) is 7.05 Å². The fourth-order valence-corrected chi connectivity index (χ4v) is 2.54. The van der Waals surface area contributed by atoms with Crippen LogP contribution in [-0.2, 0) is 13.1 Å². The van der Waals surface area contributed by atoms with Gasteiger partial charge in [0.25, 0.3) is 5.91 Å². The highest BCUT2D eigenvalue weighted by atomic mass is 35.5. The van der Waals surface area contributed by atoms with E-state index in [0.29, 0.717) is 5.56 Å². The number of quaternary nitrogens is 1. The molecule has 0 saturated heterocycles. The Morgan fingerprint density at radius 2 is 1.76 bits per heavy atom. The zero-order valence-corrected chi connectivity index (χ0v) is 13.1. The minimum absolute atomic E-state index is 0.0545. The Kier molecular flexibility index (Phi) is 5.37. The molecule has 2 N–H and O–H groups in total. The maximum atomic E-state index is 11.5. The average molecular weight is 304 g/mol. The highest BCUT2D eigenvalue weighted by Gasteiger charge is 2.07. The van der Waals surface area contributed by atoms with Crippen molar-refractivity contribution in [3.05, 3.63) is 70.2 Å². The van der Waals surface area contributed by atoms with Gasteiger partial charge in [0, 0.05) is 28.8 Å². The molecular weight excluding hydrogens is 284 g/mol. The number of hydrogen-bond acceptors (Lipinski definition) is 1. The second-order valence-electron chi connectivity index (χ2n) is 5.22. The molecule has 2 aromatic carbocycles. The lowest BCUT2D eigenvalue weighted by molar-refractivity contribution is -0.907. The molecule has 1 atom stereocenters. The highest BCUT2D eigenvalue weighted by Crippen LogP contribution is 2.09. The van der Waals surface area contributed by atoms with E-state index in [1.165, 1.54) is 16.0 Å². The summed E-state index contributed by atoms with van der Waals surface area (Å²) in [5, 5.41) is 3.40. The number of rotatable bonds is 5. The predicted octanol–water partition coefficient (Wildman–Crippen LogP) is 1.91. The van der Waals surface area contributed by atoms with Crippen LogP contribution >= 0.6 is 11.6 Å². The minimum atomic E-state index is -0.0545. The van der Waals surface area contributed by atoms with Crippen LogP contribution in [0.3, 0.4) is 0 Å². The van der Waals surface area contributed by atoms with E-state index in [4.69, 9.17) is 11.6 Å². The maximum absolute atomic E-state index is 11.5. The van der Waals surface area contributed by atoms with E-state index in [1.807, 2.05) is 42.5 Å². The fourth-order valence-electron chi connectivity index (χ4n) is 2.32. The molecule has 0 fully saturated rings. The molecule has 1 unspecified atom stereocenters. The van der Waals surface area contributed by atoms with Gasteiger partial charge in [0.2, 0.25) is 0 Å². The number of carbonyl (C=O) groups excluding carboxylic acids is 1. The minimum Gasteiger partial charge on any atom is -0.355 e. The number of amides is 1. The van der Waals surface area contributed by atoms with E-state index in [-0.39, 0.29) is 5.91 Å². The summed E-state index contributed by atoms with van der Waals surface area (Å²) in [5.74, 6) is -0.0545. The first-order valence-electron chi connectivity index (χ1n) is 6.95. The van der Waals surface area contributed by atoms with Crippen molar-refractivity contribution in [1.82, 2.24) is 5.32 Å².